The van der Waals surface area contributed by atoms with Gasteiger partial charge in [-0.3, -0.25) is 28.2 Å². The Kier molecular flexibility index (Phi) is 8.41. The van der Waals surface area contributed by atoms with Crippen molar-refractivity contribution in [2.45, 2.75) is 38.7 Å². The van der Waals surface area contributed by atoms with E-state index in [0.29, 0.717) is 11.3 Å². The fourth-order valence-electron chi connectivity index (χ4n) is 2.61. The van der Waals surface area contributed by atoms with Crippen LogP contribution in [0.1, 0.15) is 25.1 Å². The van der Waals surface area contributed by atoms with E-state index in [1.807, 2.05) is 0 Å². The van der Waals surface area contributed by atoms with Crippen molar-refractivity contribution in [1.82, 2.24) is 14.2 Å². The third-order valence-corrected chi connectivity index (χ3v) is 6.94. The van der Waals surface area contributed by atoms with Gasteiger partial charge in [-0.1, -0.05) is 11.8 Å². The molecular weight excluding hydrogens is 425 g/mol. The number of hydrogen-bond donors (Lipinski definition) is 2. The van der Waals surface area contributed by atoms with E-state index in [0.717, 1.165) is 11.8 Å². The van der Waals surface area contributed by atoms with Crippen LogP contribution in [0.4, 0.5) is 0 Å². The number of aliphatic hydroxyl groups is 1. The van der Waals surface area contributed by atoms with Gasteiger partial charge in [-0.05, 0) is 21.0 Å². The summed E-state index contributed by atoms with van der Waals surface area (Å²) in [6, 6.07) is 0. The van der Waals surface area contributed by atoms with E-state index in [2.05, 4.69) is 4.98 Å². The maximum atomic E-state index is 12.9. The van der Waals surface area contributed by atoms with E-state index in [-0.39, 0.29) is 24.7 Å². The van der Waals surface area contributed by atoms with Gasteiger partial charge in [0.05, 0.1) is 19.3 Å². The molecule has 0 saturated carbocycles. The van der Waals surface area contributed by atoms with Crippen molar-refractivity contribution in [3.05, 3.63) is 32.6 Å². The Morgan fingerprint density at radius 1 is 1.45 bits per heavy atom. The highest BCUT2D eigenvalue weighted by Crippen LogP contribution is 2.50. The van der Waals surface area contributed by atoms with Crippen molar-refractivity contribution in [3.63, 3.8) is 0 Å². The monoisotopic (exact) mass is 451 g/mol. The Morgan fingerprint density at radius 2 is 2.14 bits per heavy atom. The molecule has 1 aromatic rings. The van der Waals surface area contributed by atoms with Crippen LogP contribution in [0.3, 0.4) is 0 Å². The fraction of sp³-hybridized carbons (Fsp3) is 0.688. The Labute approximate surface area is 171 Å². The normalized spacial score (nSPS) is 24.0. The molecule has 29 heavy (non-hydrogen) atoms. The highest BCUT2D eigenvalue weighted by molar-refractivity contribution is 8.13. The number of nitrogens with one attached hydrogen (secondary N) is 1. The first kappa shape index (κ1) is 24.0. The Hall–Kier alpha value is -1.27. The molecule has 1 aromatic heterocycles. The average Bonchev–Trinajstić information content (AvgIpc) is 3.00. The molecule has 2 rings (SSSR count). The van der Waals surface area contributed by atoms with E-state index in [1.54, 1.807) is 6.92 Å². The number of carbonyl (C=O) groups is 1. The first-order valence-corrected chi connectivity index (χ1v) is 11.4. The second kappa shape index (κ2) is 10.2. The van der Waals surface area contributed by atoms with Gasteiger partial charge in [0.15, 0.2) is 5.12 Å². The Balaban J connectivity index is 1.99. The first-order chi connectivity index (χ1) is 13.5. The number of aromatic nitrogens is 2. The molecule has 0 radical (unpaired) electrons. The number of ether oxygens (including phenoxy) is 1. The van der Waals surface area contributed by atoms with Crippen molar-refractivity contribution in [3.8, 4) is 0 Å². The van der Waals surface area contributed by atoms with Gasteiger partial charge in [0.25, 0.3) is 5.56 Å². The van der Waals surface area contributed by atoms with Crippen LogP contribution >= 0.6 is 19.5 Å². The molecule has 0 bridgehead atoms. The Morgan fingerprint density at radius 3 is 2.76 bits per heavy atom. The number of nitrogens with zero attached hydrogens (tertiary/aromatic N) is 2. The topological polar surface area (TPSA) is 140 Å². The predicted molar refractivity (Wildman–Crippen MR) is 107 cm³/mol. The zero-order chi connectivity index (χ0) is 21.8. The molecule has 2 unspecified atom stereocenters. The molecule has 13 heteroatoms. The minimum Gasteiger partial charge on any atom is -0.390 e. The number of aliphatic hydroxyl groups excluding tert-OH is 1. The number of carbonyl (C=O) groups excluding carboxylic acids is 1. The molecule has 0 spiro atoms. The first-order valence-electron chi connectivity index (χ1n) is 8.89. The van der Waals surface area contributed by atoms with Crippen LogP contribution in [-0.4, -0.2) is 69.7 Å². The minimum absolute atomic E-state index is 0.0441. The smallest absolute Gasteiger partial charge is 0.390 e. The lowest BCUT2D eigenvalue weighted by atomic mass is 10.2. The van der Waals surface area contributed by atoms with Crippen molar-refractivity contribution in [2.75, 3.05) is 33.1 Å². The zero-order valence-corrected chi connectivity index (χ0v) is 18.4. The summed E-state index contributed by atoms with van der Waals surface area (Å²) in [5.74, 6) is 0.329. The zero-order valence-electron chi connectivity index (χ0n) is 16.7. The van der Waals surface area contributed by atoms with E-state index < -0.39 is 37.4 Å². The van der Waals surface area contributed by atoms with E-state index in [9.17, 15) is 24.1 Å². The van der Waals surface area contributed by atoms with E-state index in [4.69, 9.17) is 13.8 Å². The van der Waals surface area contributed by atoms with Crippen LogP contribution in [0.2, 0.25) is 0 Å². The van der Waals surface area contributed by atoms with Gasteiger partial charge in [0, 0.05) is 30.9 Å². The van der Waals surface area contributed by atoms with Crippen molar-refractivity contribution in [1.29, 1.82) is 0 Å². The van der Waals surface area contributed by atoms with Crippen LogP contribution < -0.4 is 11.2 Å². The van der Waals surface area contributed by atoms with E-state index >= 15 is 0 Å². The highest BCUT2D eigenvalue weighted by atomic mass is 32.2. The summed E-state index contributed by atoms with van der Waals surface area (Å²) in [4.78, 5) is 36.7. The van der Waals surface area contributed by atoms with E-state index in [1.165, 1.54) is 36.5 Å². The molecule has 1 fully saturated rings. The molecule has 1 saturated heterocycles. The quantitative estimate of drug-likeness (QED) is 0.402. The number of aryl methyl sites for hydroxylation is 1. The number of thioether (sulfide) groups is 1. The average molecular weight is 451 g/mol. The highest BCUT2D eigenvalue weighted by Gasteiger charge is 2.38. The number of hydrogen-bond acceptors (Lipinski definition) is 9. The van der Waals surface area contributed by atoms with Gasteiger partial charge >= 0.3 is 13.4 Å². The summed E-state index contributed by atoms with van der Waals surface area (Å²) < 4.78 is 31.8. The van der Waals surface area contributed by atoms with Crippen molar-refractivity contribution >= 4 is 24.6 Å². The van der Waals surface area contributed by atoms with Crippen LogP contribution in [-0.2, 0) is 23.1 Å². The summed E-state index contributed by atoms with van der Waals surface area (Å²) >= 11 is 1.05. The fourth-order valence-corrected chi connectivity index (χ4v) is 4.38. The largest absolute Gasteiger partial charge is 0.407 e. The molecule has 0 aliphatic carbocycles. The van der Waals surface area contributed by atoms with Gasteiger partial charge in [0.2, 0.25) is 0 Å². The molecule has 4 atom stereocenters. The summed E-state index contributed by atoms with van der Waals surface area (Å²) in [6.07, 6.45) is -1.15. The molecule has 2 heterocycles. The van der Waals surface area contributed by atoms with Gasteiger partial charge in [-0.2, -0.15) is 0 Å². The molecule has 164 valence electrons. The number of H-pyrrole nitrogens is 1. The lowest BCUT2D eigenvalue weighted by molar-refractivity contribution is -0.109. The third kappa shape index (κ3) is 6.35. The van der Waals surface area contributed by atoms with Gasteiger partial charge in [-0.25, -0.2) is 14.0 Å². The van der Waals surface area contributed by atoms with Crippen LogP contribution in [0.5, 0.6) is 0 Å². The molecule has 0 aromatic carbocycles. The standard InChI is InChI=1S/C16H26N3O8PS/c1-10-8-19(16(23)17-15(10)22)14-7-12(21)13(27-14)9-26-28(24,18(3)4)25-5-6-29-11(2)20/h8,12-14,21H,5-7,9H2,1-4H3,(H,17,22,23)/t12?,13-,14-,28?/m0/s1. The lowest BCUT2D eigenvalue weighted by Gasteiger charge is -2.25. The van der Waals surface area contributed by atoms with Crippen LogP contribution in [0, 0.1) is 6.92 Å². The minimum atomic E-state index is -3.64. The summed E-state index contributed by atoms with van der Waals surface area (Å²) in [7, 11) is -0.596. The molecule has 1 aliphatic heterocycles. The SMILES string of the molecule is CC(=O)SCCOP(=O)(OC[C@@H]1O[C@H](n2cc(C)c(=O)[nH]c2=O)CC1O)N(C)C. The Bertz CT molecular complexity index is 886. The second-order valence-electron chi connectivity index (χ2n) is 6.70. The summed E-state index contributed by atoms with van der Waals surface area (Å²) in [5, 5.41) is 10.2. The van der Waals surface area contributed by atoms with Crippen LogP contribution in [0.15, 0.2) is 15.8 Å². The molecular formula is C16H26N3O8PS. The number of aromatic amines is 1. The predicted octanol–water partition coefficient (Wildman–Crippen LogP) is 0.476. The third-order valence-electron chi connectivity index (χ3n) is 4.20. The van der Waals surface area contributed by atoms with Gasteiger partial charge in [-0.15, -0.1) is 0 Å². The number of rotatable bonds is 9. The maximum Gasteiger partial charge on any atom is 0.407 e. The van der Waals surface area contributed by atoms with Crippen molar-refractivity contribution < 1.29 is 28.3 Å². The maximum absolute atomic E-state index is 12.9. The molecule has 1 aliphatic rings. The summed E-state index contributed by atoms with van der Waals surface area (Å²) in [6.45, 7) is 2.79. The molecule has 0 amide bonds. The second-order valence-corrected chi connectivity index (χ2v) is 10.2. The summed E-state index contributed by atoms with van der Waals surface area (Å²) in [5.41, 5.74) is -0.808. The van der Waals surface area contributed by atoms with Gasteiger partial charge < -0.3 is 9.84 Å². The molecule has 11 nitrogen and oxygen atoms in total. The van der Waals surface area contributed by atoms with Gasteiger partial charge in [0.1, 0.15) is 12.3 Å². The lowest BCUT2D eigenvalue weighted by Crippen LogP contribution is -2.33. The molecule has 2 N–H and O–H groups in total. The van der Waals surface area contributed by atoms with Crippen LogP contribution in [0.25, 0.3) is 0 Å². The van der Waals surface area contributed by atoms with Crippen molar-refractivity contribution in [2.24, 2.45) is 0 Å².